The number of carbonyl (C=O) groups excluding carboxylic acids is 1. The van der Waals surface area contributed by atoms with Gasteiger partial charge in [-0.3, -0.25) is 4.79 Å². The predicted molar refractivity (Wildman–Crippen MR) is 88.3 cm³/mol. The SMILES string of the molecule is Cl.NC1CCC(C(=O)NC(c2ccc(Br)cc2)C(F)(F)F)CC1. The van der Waals surface area contributed by atoms with Crippen LogP contribution in [0, 0.1) is 5.92 Å². The summed E-state index contributed by atoms with van der Waals surface area (Å²) in [5.41, 5.74) is 5.78. The standard InChI is InChI=1S/C15H18BrF3N2O.ClH/c16-11-5-1-9(2-6-11)13(15(17,18)19)21-14(22)10-3-7-12(20)8-4-10;/h1-2,5-6,10,12-13H,3-4,7-8,20H2,(H,21,22);1H. The molecule has 1 amide bonds. The van der Waals surface area contributed by atoms with E-state index in [9.17, 15) is 18.0 Å². The summed E-state index contributed by atoms with van der Waals surface area (Å²) in [6.45, 7) is 0. The zero-order chi connectivity index (χ0) is 16.3. The fourth-order valence-corrected chi connectivity index (χ4v) is 2.92. The summed E-state index contributed by atoms with van der Waals surface area (Å²) in [6, 6.07) is 3.84. The molecule has 0 aromatic heterocycles. The lowest BCUT2D eigenvalue weighted by atomic mass is 9.85. The molecule has 8 heteroatoms. The van der Waals surface area contributed by atoms with Gasteiger partial charge in [0.05, 0.1) is 0 Å². The van der Waals surface area contributed by atoms with Crippen LogP contribution in [0.4, 0.5) is 13.2 Å². The number of rotatable bonds is 3. The predicted octanol–water partition coefficient (Wildman–Crippen LogP) is 4.11. The van der Waals surface area contributed by atoms with Crippen LogP contribution < -0.4 is 11.1 Å². The maximum atomic E-state index is 13.2. The molecule has 0 bridgehead atoms. The molecule has 1 aliphatic carbocycles. The number of amides is 1. The lowest BCUT2D eigenvalue weighted by Gasteiger charge is -2.28. The van der Waals surface area contributed by atoms with Crippen molar-refractivity contribution < 1.29 is 18.0 Å². The van der Waals surface area contributed by atoms with E-state index in [-0.39, 0.29) is 29.9 Å². The second-order valence-corrected chi connectivity index (χ2v) is 6.56. The normalized spacial score (nSPS) is 22.8. The second-order valence-electron chi connectivity index (χ2n) is 5.65. The lowest BCUT2D eigenvalue weighted by molar-refractivity contribution is -0.165. The van der Waals surface area contributed by atoms with Crippen molar-refractivity contribution in [1.29, 1.82) is 0 Å². The van der Waals surface area contributed by atoms with Crippen LogP contribution in [0.1, 0.15) is 37.3 Å². The zero-order valence-corrected chi connectivity index (χ0v) is 14.7. The average molecular weight is 416 g/mol. The molecule has 3 nitrogen and oxygen atoms in total. The number of benzene rings is 1. The van der Waals surface area contributed by atoms with Gasteiger partial charge < -0.3 is 11.1 Å². The summed E-state index contributed by atoms with van der Waals surface area (Å²) in [4.78, 5) is 12.1. The smallest absolute Gasteiger partial charge is 0.341 e. The summed E-state index contributed by atoms with van der Waals surface area (Å²) in [5, 5.41) is 2.16. The van der Waals surface area contributed by atoms with E-state index in [0.29, 0.717) is 30.2 Å². The van der Waals surface area contributed by atoms with E-state index in [1.54, 1.807) is 0 Å². The van der Waals surface area contributed by atoms with Gasteiger partial charge in [0.25, 0.3) is 0 Å². The first-order valence-corrected chi connectivity index (χ1v) is 7.95. The average Bonchev–Trinajstić information content (AvgIpc) is 2.45. The van der Waals surface area contributed by atoms with E-state index in [1.165, 1.54) is 24.3 Å². The van der Waals surface area contributed by atoms with Crippen molar-refractivity contribution in [2.24, 2.45) is 11.7 Å². The highest BCUT2D eigenvalue weighted by Crippen LogP contribution is 2.34. The van der Waals surface area contributed by atoms with Gasteiger partial charge in [-0.1, -0.05) is 28.1 Å². The Bertz CT molecular complexity index is 516. The Kier molecular flexibility index (Phi) is 7.35. The van der Waals surface area contributed by atoms with Crippen molar-refractivity contribution >= 4 is 34.2 Å². The fourth-order valence-electron chi connectivity index (χ4n) is 2.65. The largest absolute Gasteiger partial charge is 0.412 e. The molecule has 23 heavy (non-hydrogen) atoms. The van der Waals surface area contributed by atoms with Gasteiger partial charge in [-0.25, -0.2) is 0 Å². The van der Waals surface area contributed by atoms with Crippen LogP contribution in [-0.4, -0.2) is 18.1 Å². The maximum Gasteiger partial charge on any atom is 0.412 e. The lowest BCUT2D eigenvalue weighted by Crippen LogP contribution is -2.42. The first-order chi connectivity index (χ1) is 10.3. The minimum absolute atomic E-state index is 0. The number of nitrogens with one attached hydrogen (secondary N) is 1. The van der Waals surface area contributed by atoms with E-state index in [1.807, 2.05) is 0 Å². The molecule has 1 atom stereocenters. The van der Waals surface area contributed by atoms with Crippen LogP contribution in [0.15, 0.2) is 28.7 Å². The Balaban J connectivity index is 0.00000264. The number of hydrogen-bond acceptors (Lipinski definition) is 2. The van der Waals surface area contributed by atoms with E-state index >= 15 is 0 Å². The monoisotopic (exact) mass is 414 g/mol. The third-order valence-electron chi connectivity index (χ3n) is 3.96. The van der Waals surface area contributed by atoms with Crippen molar-refractivity contribution in [2.75, 3.05) is 0 Å². The van der Waals surface area contributed by atoms with Crippen molar-refractivity contribution in [3.8, 4) is 0 Å². The van der Waals surface area contributed by atoms with Gasteiger partial charge in [0, 0.05) is 16.4 Å². The summed E-state index contributed by atoms with van der Waals surface area (Å²) in [6.07, 6.45) is -2.11. The van der Waals surface area contributed by atoms with Crippen LogP contribution in [0.5, 0.6) is 0 Å². The van der Waals surface area contributed by atoms with Crippen molar-refractivity contribution in [3.63, 3.8) is 0 Å². The quantitative estimate of drug-likeness (QED) is 0.781. The summed E-state index contributed by atoms with van der Waals surface area (Å²) < 4.78 is 40.4. The third-order valence-corrected chi connectivity index (χ3v) is 4.49. The number of hydrogen-bond donors (Lipinski definition) is 2. The summed E-state index contributed by atoms with van der Waals surface area (Å²) in [5.74, 6) is -0.933. The molecule has 1 aliphatic rings. The number of nitrogens with two attached hydrogens (primary N) is 1. The van der Waals surface area contributed by atoms with Gasteiger partial charge in [0.2, 0.25) is 5.91 Å². The Hall–Kier alpha value is -0.790. The molecule has 130 valence electrons. The highest BCUT2D eigenvalue weighted by atomic mass is 79.9. The Morgan fingerprint density at radius 1 is 1.17 bits per heavy atom. The van der Waals surface area contributed by atoms with E-state index < -0.39 is 18.1 Å². The topological polar surface area (TPSA) is 55.1 Å². The second kappa shape index (κ2) is 8.35. The van der Waals surface area contributed by atoms with Gasteiger partial charge in [-0.2, -0.15) is 13.2 Å². The molecule has 1 aromatic rings. The first kappa shape index (κ1) is 20.3. The van der Waals surface area contributed by atoms with Crippen LogP contribution >= 0.6 is 28.3 Å². The van der Waals surface area contributed by atoms with Crippen LogP contribution in [-0.2, 0) is 4.79 Å². The molecule has 0 heterocycles. The Morgan fingerprint density at radius 2 is 1.70 bits per heavy atom. The minimum Gasteiger partial charge on any atom is -0.341 e. The molecule has 0 spiro atoms. The van der Waals surface area contributed by atoms with Crippen molar-refractivity contribution in [1.82, 2.24) is 5.32 Å². The minimum atomic E-state index is -4.53. The highest BCUT2D eigenvalue weighted by Gasteiger charge is 2.42. The van der Waals surface area contributed by atoms with Crippen molar-refractivity contribution in [2.45, 2.75) is 43.9 Å². The van der Waals surface area contributed by atoms with Gasteiger partial charge >= 0.3 is 6.18 Å². The fraction of sp³-hybridized carbons (Fsp3) is 0.533. The molecule has 1 fully saturated rings. The summed E-state index contributed by atoms with van der Waals surface area (Å²) >= 11 is 3.18. The van der Waals surface area contributed by atoms with Crippen LogP contribution in [0.2, 0.25) is 0 Å². The highest BCUT2D eigenvalue weighted by molar-refractivity contribution is 9.10. The van der Waals surface area contributed by atoms with Gasteiger partial charge in [0.1, 0.15) is 0 Å². The molecule has 1 unspecified atom stereocenters. The molecular weight excluding hydrogens is 397 g/mol. The van der Waals surface area contributed by atoms with E-state index in [4.69, 9.17) is 5.73 Å². The van der Waals surface area contributed by atoms with Gasteiger partial charge in [0.15, 0.2) is 6.04 Å². The van der Waals surface area contributed by atoms with E-state index in [0.717, 1.165) is 0 Å². The molecule has 0 radical (unpaired) electrons. The molecule has 1 aromatic carbocycles. The molecular formula is C15H19BrClF3N2O. The number of alkyl halides is 3. The first-order valence-electron chi connectivity index (χ1n) is 7.15. The molecule has 1 saturated carbocycles. The third kappa shape index (κ3) is 5.65. The Morgan fingerprint density at radius 3 is 2.17 bits per heavy atom. The summed E-state index contributed by atoms with van der Waals surface area (Å²) in [7, 11) is 0. The molecule has 0 aliphatic heterocycles. The zero-order valence-electron chi connectivity index (χ0n) is 12.3. The molecule has 3 N–H and O–H groups in total. The molecule has 0 saturated heterocycles. The van der Waals surface area contributed by atoms with Crippen molar-refractivity contribution in [3.05, 3.63) is 34.3 Å². The van der Waals surface area contributed by atoms with Crippen LogP contribution in [0.3, 0.4) is 0 Å². The van der Waals surface area contributed by atoms with Crippen LogP contribution in [0.25, 0.3) is 0 Å². The maximum absolute atomic E-state index is 13.2. The number of carbonyl (C=O) groups is 1. The van der Waals surface area contributed by atoms with Gasteiger partial charge in [-0.15, -0.1) is 12.4 Å². The Labute approximate surface area is 147 Å². The van der Waals surface area contributed by atoms with Gasteiger partial charge in [-0.05, 0) is 43.4 Å². The molecule has 2 rings (SSSR count). The number of halogens is 5. The van der Waals surface area contributed by atoms with E-state index in [2.05, 4.69) is 21.2 Å².